The number of aliphatic hydroxyl groups is 5. The summed E-state index contributed by atoms with van der Waals surface area (Å²) in [6, 6.07) is -0.817. The van der Waals surface area contributed by atoms with Crippen molar-refractivity contribution < 1.29 is 49.3 Å². The van der Waals surface area contributed by atoms with Gasteiger partial charge in [-0.1, -0.05) is 229 Å². The minimum Gasteiger partial charge on any atom is -0.466 e. The highest BCUT2D eigenvalue weighted by atomic mass is 16.7. The molecule has 0 aliphatic carbocycles. The largest absolute Gasteiger partial charge is 0.466 e. The minimum atomic E-state index is -1.57. The molecule has 0 bridgehead atoms. The van der Waals surface area contributed by atoms with Crippen LogP contribution in [0.4, 0.5) is 0 Å². The summed E-state index contributed by atoms with van der Waals surface area (Å²) in [6.45, 7) is 4.26. The first-order valence-electron chi connectivity index (χ1n) is 31.4. The number of hydrogen-bond donors (Lipinski definition) is 6. The molecule has 6 N–H and O–H groups in total. The molecule has 7 unspecified atom stereocenters. The number of allylic oxidation sites excluding steroid dienone is 7. The maximum absolute atomic E-state index is 13.0. The minimum absolute atomic E-state index is 0.0290. The maximum atomic E-state index is 13.0. The lowest BCUT2D eigenvalue weighted by molar-refractivity contribution is -0.302. The second-order valence-electron chi connectivity index (χ2n) is 21.8. The Morgan fingerprint density at radius 2 is 0.893 bits per heavy atom. The van der Waals surface area contributed by atoms with Gasteiger partial charge in [-0.25, -0.2) is 0 Å². The maximum Gasteiger partial charge on any atom is 0.305 e. The zero-order valence-corrected chi connectivity index (χ0v) is 48.3. The lowest BCUT2D eigenvalue weighted by Gasteiger charge is -2.40. The molecule has 1 aliphatic rings. The van der Waals surface area contributed by atoms with Gasteiger partial charge in [0.2, 0.25) is 5.91 Å². The van der Waals surface area contributed by atoms with E-state index in [1.54, 1.807) is 6.08 Å². The van der Waals surface area contributed by atoms with Crippen molar-refractivity contribution in [2.24, 2.45) is 0 Å². The predicted molar refractivity (Wildman–Crippen MR) is 310 cm³/mol. The zero-order valence-electron chi connectivity index (χ0n) is 48.3. The van der Waals surface area contributed by atoms with E-state index >= 15 is 0 Å². The summed E-state index contributed by atoms with van der Waals surface area (Å²) in [6.07, 6.45) is 58.0. The van der Waals surface area contributed by atoms with Crippen LogP contribution in [-0.4, -0.2) is 100 Å². The van der Waals surface area contributed by atoms with Gasteiger partial charge in [0.1, 0.15) is 24.4 Å². The second-order valence-corrected chi connectivity index (χ2v) is 21.8. The Bertz CT molecular complexity index is 1390. The van der Waals surface area contributed by atoms with Crippen molar-refractivity contribution in [1.29, 1.82) is 0 Å². The molecule has 1 aliphatic heterocycles. The van der Waals surface area contributed by atoms with Gasteiger partial charge in [-0.2, -0.15) is 0 Å². The van der Waals surface area contributed by atoms with Gasteiger partial charge in [0.05, 0.1) is 32.0 Å². The summed E-state index contributed by atoms with van der Waals surface area (Å²) in [4.78, 5) is 25.1. The molecule has 11 heteroatoms. The quantitative estimate of drug-likeness (QED) is 0.0149. The topological polar surface area (TPSA) is 175 Å². The number of ether oxygens (including phenoxy) is 3. The molecule has 7 atom stereocenters. The Balaban J connectivity index is 2.02. The number of carbonyl (C=O) groups excluding carboxylic acids is 2. The van der Waals surface area contributed by atoms with Gasteiger partial charge in [-0.15, -0.1) is 0 Å². The molecule has 0 aromatic heterocycles. The van der Waals surface area contributed by atoms with Crippen LogP contribution in [0, 0.1) is 0 Å². The monoisotopic (exact) mass is 1060 g/mol. The smallest absolute Gasteiger partial charge is 0.305 e. The Kier molecular flexibility index (Phi) is 50.5. The normalized spacial score (nSPS) is 19.1. The lowest BCUT2D eigenvalue weighted by Crippen LogP contribution is -2.60. The van der Waals surface area contributed by atoms with Crippen molar-refractivity contribution in [3.63, 3.8) is 0 Å². The van der Waals surface area contributed by atoms with Gasteiger partial charge >= 0.3 is 5.97 Å². The molecule has 0 aromatic rings. The van der Waals surface area contributed by atoms with Crippen LogP contribution in [0.3, 0.4) is 0 Å². The molecule has 1 heterocycles. The molecule has 0 radical (unpaired) electrons. The van der Waals surface area contributed by atoms with Crippen LogP contribution >= 0.6 is 0 Å². The molecule has 1 rings (SSSR count). The fourth-order valence-corrected chi connectivity index (χ4v) is 9.66. The first-order valence-corrected chi connectivity index (χ1v) is 31.4. The average Bonchev–Trinajstić information content (AvgIpc) is 3.41. The summed E-state index contributed by atoms with van der Waals surface area (Å²) in [5, 5.41) is 54.2. The van der Waals surface area contributed by atoms with Gasteiger partial charge in [-0.05, 0) is 89.9 Å². The summed E-state index contributed by atoms with van der Waals surface area (Å²) in [5.74, 6) is -0.223. The standard InChI is InChI=1S/C64H117NO10/c1-3-5-7-9-11-13-14-15-16-17-19-23-26-29-32-36-40-44-48-52-60(69)73-53-49-45-41-37-33-30-27-24-21-18-20-22-25-28-31-35-39-43-47-51-59(68)65-56(57(67)50-46-42-38-34-12-10-8-6-4-2)55-74-64-63(72)62(71)61(70)58(54-66)75-64/h15-16,24,27,30,33,46,50,56-58,61-64,66-67,70-72H,3-14,17-23,25-26,28-29,31-32,34-45,47-49,51-55H2,1-2H3,(H,65,68)/b16-15-,27-24-,33-30-,50-46+. The van der Waals surface area contributed by atoms with Crippen LogP contribution in [0.2, 0.25) is 0 Å². The van der Waals surface area contributed by atoms with E-state index in [1.165, 1.54) is 167 Å². The number of aliphatic hydroxyl groups excluding tert-OH is 5. The number of rotatable bonds is 54. The molecule has 1 amide bonds. The third-order valence-corrected chi connectivity index (χ3v) is 14.7. The molecule has 0 aromatic carbocycles. The number of unbranched alkanes of at least 4 members (excludes halogenated alkanes) is 35. The molecule has 11 nitrogen and oxygen atoms in total. The van der Waals surface area contributed by atoms with Crippen molar-refractivity contribution in [1.82, 2.24) is 5.32 Å². The summed E-state index contributed by atoms with van der Waals surface area (Å²) >= 11 is 0. The zero-order chi connectivity index (χ0) is 54.5. The molecule has 0 spiro atoms. The van der Waals surface area contributed by atoms with Crippen molar-refractivity contribution >= 4 is 11.9 Å². The van der Waals surface area contributed by atoms with Crippen LogP contribution in [0.5, 0.6) is 0 Å². The van der Waals surface area contributed by atoms with Gasteiger partial charge in [0, 0.05) is 12.8 Å². The van der Waals surface area contributed by atoms with E-state index in [0.29, 0.717) is 19.4 Å². The van der Waals surface area contributed by atoms with E-state index in [4.69, 9.17) is 14.2 Å². The highest BCUT2D eigenvalue weighted by Crippen LogP contribution is 2.23. The van der Waals surface area contributed by atoms with Crippen molar-refractivity contribution in [2.45, 2.75) is 326 Å². The highest BCUT2D eigenvalue weighted by molar-refractivity contribution is 5.76. The fourth-order valence-electron chi connectivity index (χ4n) is 9.66. The molecular weight excluding hydrogens is 943 g/mol. The first-order chi connectivity index (χ1) is 36.7. The number of amides is 1. The third-order valence-electron chi connectivity index (χ3n) is 14.7. The van der Waals surface area contributed by atoms with Crippen molar-refractivity contribution in [3.8, 4) is 0 Å². The first kappa shape index (κ1) is 70.6. The van der Waals surface area contributed by atoms with Crippen LogP contribution < -0.4 is 5.32 Å². The number of carbonyl (C=O) groups is 2. The van der Waals surface area contributed by atoms with E-state index in [9.17, 15) is 35.1 Å². The molecule has 1 fully saturated rings. The van der Waals surface area contributed by atoms with Crippen LogP contribution in [0.15, 0.2) is 48.6 Å². The Morgan fingerprint density at radius 3 is 1.36 bits per heavy atom. The van der Waals surface area contributed by atoms with E-state index in [-0.39, 0.29) is 18.5 Å². The van der Waals surface area contributed by atoms with Crippen molar-refractivity contribution in [3.05, 3.63) is 48.6 Å². The Morgan fingerprint density at radius 1 is 0.493 bits per heavy atom. The van der Waals surface area contributed by atoms with Gasteiger partial charge in [0.15, 0.2) is 6.29 Å². The predicted octanol–water partition coefficient (Wildman–Crippen LogP) is 14.8. The lowest BCUT2D eigenvalue weighted by atomic mass is 9.99. The van der Waals surface area contributed by atoms with Gasteiger partial charge < -0.3 is 45.1 Å². The molecule has 438 valence electrons. The van der Waals surface area contributed by atoms with Crippen LogP contribution in [0.1, 0.15) is 284 Å². The van der Waals surface area contributed by atoms with Crippen LogP contribution in [-0.2, 0) is 23.8 Å². The Labute approximate surface area is 459 Å². The number of nitrogens with one attached hydrogen (secondary N) is 1. The highest BCUT2D eigenvalue weighted by Gasteiger charge is 2.44. The average molecular weight is 1060 g/mol. The number of esters is 1. The number of hydrogen-bond acceptors (Lipinski definition) is 10. The van der Waals surface area contributed by atoms with Gasteiger partial charge in [0.25, 0.3) is 0 Å². The Hall–Kier alpha value is -2.38. The van der Waals surface area contributed by atoms with Crippen molar-refractivity contribution in [2.75, 3.05) is 19.8 Å². The van der Waals surface area contributed by atoms with E-state index in [2.05, 4.69) is 55.6 Å². The van der Waals surface area contributed by atoms with E-state index < -0.39 is 49.5 Å². The second kappa shape index (κ2) is 53.6. The summed E-state index contributed by atoms with van der Waals surface area (Å²) in [5.41, 5.74) is 0. The third kappa shape index (κ3) is 43.2. The molecule has 1 saturated heterocycles. The van der Waals surface area contributed by atoms with E-state index in [0.717, 1.165) is 89.9 Å². The SMILES string of the molecule is CCCCCCCC/C=C\CCCCCCCCCCCC(=O)OCCCCC/C=C\C=C/CCCCCCCCCCCCC(=O)NC(COC1OC(CO)C(O)C(O)C1O)C(O)/C=C/CCCCCCCCC. The fraction of sp³-hybridized carbons (Fsp3) is 0.844. The summed E-state index contributed by atoms with van der Waals surface area (Å²) in [7, 11) is 0. The molecule has 75 heavy (non-hydrogen) atoms. The van der Waals surface area contributed by atoms with E-state index in [1.807, 2.05) is 6.08 Å². The molecule has 0 saturated carbocycles. The van der Waals surface area contributed by atoms with Gasteiger partial charge in [-0.3, -0.25) is 9.59 Å². The van der Waals surface area contributed by atoms with Crippen LogP contribution in [0.25, 0.3) is 0 Å². The molecular formula is C64H117NO10. The summed E-state index contributed by atoms with van der Waals surface area (Å²) < 4.78 is 16.7.